The molecule has 18 heavy (non-hydrogen) atoms. The van der Waals surface area contributed by atoms with Gasteiger partial charge in [-0.1, -0.05) is 12.1 Å². The second kappa shape index (κ2) is 3.60. The number of hydrogen-bond donors (Lipinski definition) is 1. The molecule has 0 saturated carbocycles. The van der Waals surface area contributed by atoms with E-state index in [1.807, 2.05) is 45.3 Å². The number of hydrogen-bond acceptors (Lipinski definition) is 3. The molecule has 0 unspecified atom stereocenters. The Labute approximate surface area is 105 Å². The van der Waals surface area contributed by atoms with E-state index in [0.717, 1.165) is 28.1 Å². The van der Waals surface area contributed by atoms with E-state index in [1.165, 1.54) is 0 Å². The van der Waals surface area contributed by atoms with E-state index in [4.69, 9.17) is 5.73 Å². The van der Waals surface area contributed by atoms with Crippen molar-refractivity contribution in [2.45, 2.75) is 6.92 Å². The van der Waals surface area contributed by atoms with Crippen LogP contribution in [0.2, 0.25) is 0 Å². The van der Waals surface area contributed by atoms with Crippen LogP contribution >= 0.6 is 0 Å². The van der Waals surface area contributed by atoms with Gasteiger partial charge in [-0.2, -0.15) is 5.10 Å². The molecule has 0 fully saturated rings. The number of para-hydroxylation sites is 1. The summed E-state index contributed by atoms with van der Waals surface area (Å²) in [5.41, 5.74) is 9.85. The van der Waals surface area contributed by atoms with E-state index >= 15 is 0 Å². The molecule has 0 aliphatic rings. The summed E-state index contributed by atoms with van der Waals surface area (Å²) in [6.07, 6.45) is 0. The Morgan fingerprint density at radius 3 is 2.67 bits per heavy atom. The molecule has 5 nitrogen and oxygen atoms in total. The van der Waals surface area contributed by atoms with Crippen LogP contribution in [0.3, 0.4) is 0 Å². The summed E-state index contributed by atoms with van der Waals surface area (Å²) in [4.78, 5) is 4.53. The Kier molecular flexibility index (Phi) is 2.16. The number of nitrogens with zero attached hydrogens (tertiary/aromatic N) is 4. The zero-order valence-corrected chi connectivity index (χ0v) is 10.7. The van der Waals surface area contributed by atoms with Crippen molar-refractivity contribution in [1.82, 2.24) is 19.3 Å². The summed E-state index contributed by atoms with van der Waals surface area (Å²) in [5.74, 6) is 1.64. The molecule has 92 valence electrons. The molecule has 0 spiro atoms. The summed E-state index contributed by atoms with van der Waals surface area (Å²) >= 11 is 0. The highest BCUT2D eigenvalue weighted by Gasteiger charge is 2.13. The van der Waals surface area contributed by atoms with Gasteiger partial charge in [0.1, 0.15) is 11.6 Å². The minimum Gasteiger partial charge on any atom is -0.384 e. The lowest BCUT2D eigenvalue weighted by molar-refractivity contribution is 0.782. The van der Waals surface area contributed by atoms with Crippen molar-refractivity contribution >= 4 is 16.9 Å². The minimum absolute atomic E-state index is 0.654. The van der Waals surface area contributed by atoms with Crippen LogP contribution in [0, 0.1) is 6.92 Å². The van der Waals surface area contributed by atoms with E-state index in [0.29, 0.717) is 5.82 Å². The number of imidazole rings is 1. The first kappa shape index (κ1) is 10.8. The quantitative estimate of drug-likeness (QED) is 0.707. The maximum atomic E-state index is 5.84. The van der Waals surface area contributed by atoms with Crippen LogP contribution in [0.25, 0.3) is 22.3 Å². The standard InChI is InChI=1S/C13H15N5/c1-8-15-10-6-4-5-9(13(10)17(8)2)11-7-12(14)18(3)16-11/h4-7H,14H2,1-3H3. The first-order valence-corrected chi connectivity index (χ1v) is 5.80. The average molecular weight is 241 g/mol. The summed E-state index contributed by atoms with van der Waals surface area (Å²) in [6, 6.07) is 7.94. The van der Waals surface area contributed by atoms with Gasteiger partial charge in [0.25, 0.3) is 0 Å². The van der Waals surface area contributed by atoms with E-state index in [1.54, 1.807) is 4.68 Å². The fourth-order valence-electron chi connectivity index (χ4n) is 2.21. The molecule has 2 heterocycles. The van der Waals surface area contributed by atoms with Gasteiger partial charge < -0.3 is 10.3 Å². The monoisotopic (exact) mass is 241 g/mol. The number of aryl methyl sites for hydroxylation is 3. The van der Waals surface area contributed by atoms with Gasteiger partial charge in [-0.25, -0.2) is 4.98 Å². The summed E-state index contributed by atoms with van der Waals surface area (Å²) in [6.45, 7) is 2.00. The topological polar surface area (TPSA) is 61.7 Å². The minimum atomic E-state index is 0.654. The van der Waals surface area contributed by atoms with E-state index in [-0.39, 0.29) is 0 Å². The Morgan fingerprint density at radius 1 is 1.22 bits per heavy atom. The zero-order valence-electron chi connectivity index (χ0n) is 10.7. The summed E-state index contributed by atoms with van der Waals surface area (Å²) in [7, 11) is 3.86. The Bertz CT molecular complexity index is 716. The summed E-state index contributed by atoms with van der Waals surface area (Å²) in [5, 5.41) is 4.43. The molecule has 0 radical (unpaired) electrons. The first-order valence-electron chi connectivity index (χ1n) is 5.80. The molecule has 5 heteroatoms. The average Bonchev–Trinajstić information content (AvgIpc) is 2.82. The molecule has 2 N–H and O–H groups in total. The summed E-state index contributed by atoms with van der Waals surface area (Å²) < 4.78 is 3.76. The number of nitrogen functional groups attached to an aromatic ring is 1. The molecule has 0 atom stereocenters. The first-order chi connectivity index (χ1) is 8.58. The highest BCUT2D eigenvalue weighted by molar-refractivity contribution is 5.91. The van der Waals surface area contributed by atoms with Crippen LogP contribution in [0.1, 0.15) is 5.82 Å². The van der Waals surface area contributed by atoms with Gasteiger partial charge in [-0.15, -0.1) is 0 Å². The highest BCUT2D eigenvalue weighted by Crippen LogP contribution is 2.28. The van der Waals surface area contributed by atoms with Crippen LogP contribution in [0.4, 0.5) is 5.82 Å². The van der Waals surface area contributed by atoms with Crippen molar-refractivity contribution in [3.8, 4) is 11.3 Å². The van der Waals surface area contributed by atoms with Crippen LogP contribution in [0.15, 0.2) is 24.3 Å². The van der Waals surface area contributed by atoms with Gasteiger partial charge in [0.2, 0.25) is 0 Å². The third kappa shape index (κ3) is 1.40. The van der Waals surface area contributed by atoms with Crippen LogP contribution in [-0.2, 0) is 14.1 Å². The van der Waals surface area contributed by atoms with E-state index in [9.17, 15) is 0 Å². The van der Waals surface area contributed by atoms with Crippen molar-refractivity contribution < 1.29 is 0 Å². The van der Waals surface area contributed by atoms with E-state index in [2.05, 4.69) is 14.6 Å². The molecular weight excluding hydrogens is 226 g/mol. The zero-order chi connectivity index (χ0) is 12.9. The molecule has 2 aromatic heterocycles. The number of nitrogens with two attached hydrogens (primary N) is 1. The van der Waals surface area contributed by atoms with Gasteiger partial charge in [0.05, 0.1) is 16.7 Å². The fraction of sp³-hybridized carbons (Fsp3) is 0.231. The smallest absolute Gasteiger partial charge is 0.121 e. The predicted octanol–water partition coefficient (Wildman–Crippen LogP) is 1.86. The molecule has 3 aromatic rings. The fourth-order valence-corrected chi connectivity index (χ4v) is 2.21. The van der Waals surface area contributed by atoms with Gasteiger partial charge in [-0.05, 0) is 13.0 Å². The lowest BCUT2D eigenvalue weighted by Gasteiger charge is -2.02. The van der Waals surface area contributed by atoms with Crippen molar-refractivity contribution in [3.05, 3.63) is 30.1 Å². The Hall–Kier alpha value is -2.30. The third-order valence-electron chi connectivity index (χ3n) is 3.31. The van der Waals surface area contributed by atoms with Gasteiger partial charge >= 0.3 is 0 Å². The largest absolute Gasteiger partial charge is 0.384 e. The lowest BCUT2D eigenvalue weighted by atomic mass is 10.1. The molecule has 0 aliphatic heterocycles. The Morgan fingerprint density at radius 2 is 2.00 bits per heavy atom. The van der Waals surface area contributed by atoms with Gasteiger partial charge in [0, 0.05) is 25.7 Å². The maximum Gasteiger partial charge on any atom is 0.121 e. The van der Waals surface area contributed by atoms with Crippen LogP contribution in [-0.4, -0.2) is 19.3 Å². The van der Waals surface area contributed by atoms with Crippen molar-refractivity contribution in [2.24, 2.45) is 14.1 Å². The van der Waals surface area contributed by atoms with Crippen molar-refractivity contribution in [3.63, 3.8) is 0 Å². The molecule has 0 bridgehead atoms. The second-order valence-electron chi connectivity index (χ2n) is 4.47. The number of fused-ring (bicyclic) bond motifs is 1. The molecule has 3 rings (SSSR count). The molecule has 0 amide bonds. The number of aromatic nitrogens is 4. The van der Waals surface area contributed by atoms with Crippen LogP contribution in [0.5, 0.6) is 0 Å². The van der Waals surface area contributed by atoms with Gasteiger partial charge in [0.15, 0.2) is 0 Å². The number of rotatable bonds is 1. The third-order valence-corrected chi connectivity index (χ3v) is 3.31. The molecular formula is C13H15N5. The highest BCUT2D eigenvalue weighted by atomic mass is 15.3. The SMILES string of the molecule is Cc1nc2cccc(-c3cc(N)n(C)n3)c2n1C. The van der Waals surface area contributed by atoms with E-state index < -0.39 is 0 Å². The molecule has 0 saturated heterocycles. The molecule has 1 aromatic carbocycles. The number of benzene rings is 1. The van der Waals surface area contributed by atoms with Gasteiger partial charge in [-0.3, -0.25) is 4.68 Å². The second-order valence-corrected chi connectivity index (χ2v) is 4.47. The maximum absolute atomic E-state index is 5.84. The lowest BCUT2D eigenvalue weighted by Crippen LogP contribution is -1.97. The number of anilines is 1. The molecule has 0 aliphatic carbocycles. The van der Waals surface area contributed by atoms with Crippen molar-refractivity contribution in [2.75, 3.05) is 5.73 Å². The van der Waals surface area contributed by atoms with Crippen molar-refractivity contribution in [1.29, 1.82) is 0 Å². The Balaban J connectivity index is 2.35. The van der Waals surface area contributed by atoms with Crippen LogP contribution < -0.4 is 5.73 Å². The predicted molar refractivity (Wildman–Crippen MR) is 72.1 cm³/mol. The normalized spacial score (nSPS) is 11.3.